The summed E-state index contributed by atoms with van der Waals surface area (Å²) in [7, 11) is 1.76. The van der Waals surface area contributed by atoms with Gasteiger partial charge < -0.3 is 9.64 Å². The minimum Gasteiger partial charge on any atom is -0.384 e. The van der Waals surface area contributed by atoms with Crippen LogP contribution in [-0.4, -0.2) is 32.6 Å². The van der Waals surface area contributed by atoms with E-state index in [9.17, 15) is 4.79 Å². The lowest BCUT2D eigenvalue weighted by atomic mass is 9.96. The van der Waals surface area contributed by atoms with E-state index in [0.29, 0.717) is 5.92 Å². The molecule has 19 heavy (non-hydrogen) atoms. The SMILES string of the molecule is COCC1CCN(c2cc(Br)ccc2C(C)=O)CC1. The first-order chi connectivity index (χ1) is 9.11. The number of carbonyl (C=O) groups excluding carboxylic acids is 1. The summed E-state index contributed by atoms with van der Waals surface area (Å²) in [6, 6.07) is 5.88. The highest BCUT2D eigenvalue weighted by Crippen LogP contribution is 2.29. The van der Waals surface area contributed by atoms with E-state index in [0.717, 1.165) is 48.3 Å². The molecule has 0 spiro atoms. The number of benzene rings is 1. The standard InChI is InChI=1S/C15H20BrNO2/c1-11(18)14-4-3-13(16)9-15(14)17-7-5-12(6-8-17)10-19-2/h3-4,9,12H,5-8,10H2,1-2H3. The predicted octanol–water partition coefficient (Wildman–Crippen LogP) is 3.51. The van der Waals surface area contributed by atoms with Gasteiger partial charge in [0, 0.05) is 42.5 Å². The summed E-state index contributed by atoms with van der Waals surface area (Å²) in [6.07, 6.45) is 2.25. The Labute approximate surface area is 123 Å². The highest BCUT2D eigenvalue weighted by atomic mass is 79.9. The van der Waals surface area contributed by atoms with Gasteiger partial charge in [0.1, 0.15) is 0 Å². The lowest BCUT2D eigenvalue weighted by molar-refractivity contribution is 0.101. The maximum Gasteiger partial charge on any atom is 0.161 e. The molecule has 1 aromatic carbocycles. The Kier molecular flexibility index (Phi) is 4.99. The van der Waals surface area contributed by atoms with Crippen molar-refractivity contribution in [3.05, 3.63) is 28.2 Å². The Morgan fingerprint density at radius 3 is 2.68 bits per heavy atom. The molecule has 1 saturated heterocycles. The van der Waals surface area contributed by atoms with E-state index in [2.05, 4.69) is 20.8 Å². The second-order valence-electron chi connectivity index (χ2n) is 5.10. The number of nitrogens with zero attached hydrogens (tertiary/aromatic N) is 1. The smallest absolute Gasteiger partial charge is 0.161 e. The molecule has 0 saturated carbocycles. The maximum atomic E-state index is 11.7. The van der Waals surface area contributed by atoms with Gasteiger partial charge in [-0.25, -0.2) is 0 Å². The van der Waals surface area contributed by atoms with Gasteiger partial charge in [0.05, 0.1) is 0 Å². The number of halogens is 1. The van der Waals surface area contributed by atoms with Crippen molar-refractivity contribution in [1.29, 1.82) is 0 Å². The molecule has 0 aliphatic carbocycles. The van der Waals surface area contributed by atoms with Crippen molar-refractivity contribution in [3.63, 3.8) is 0 Å². The van der Waals surface area contributed by atoms with Crippen molar-refractivity contribution >= 4 is 27.4 Å². The van der Waals surface area contributed by atoms with Gasteiger partial charge >= 0.3 is 0 Å². The molecule has 1 aliphatic heterocycles. The van der Waals surface area contributed by atoms with Crippen LogP contribution in [-0.2, 0) is 4.74 Å². The third-order valence-corrected chi connectivity index (χ3v) is 4.19. The number of hydrogen-bond donors (Lipinski definition) is 0. The number of carbonyl (C=O) groups is 1. The number of ketones is 1. The quantitative estimate of drug-likeness (QED) is 0.793. The molecule has 1 aromatic rings. The summed E-state index contributed by atoms with van der Waals surface area (Å²) < 4.78 is 6.24. The van der Waals surface area contributed by atoms with E-state index in [4.69, 9.17) is 4.74 Å². The lowest BCUT2D eigenvalue weighted by Crippen LogP contribution is -2.35. The number of methoxy groups -OCH3 is 1. The summed E-state index contributed by atoms with van der Waals surface area (Å²) in [5.41, 5.74) is 1.87. The summed E-state index contributed by atoms with van der Waals surface area (Å²) in [4.78, 5) is 14.0. The molecule has 0 radical (unpaired) electrons. The average Bonchev–Trinajstić information content (AvgIpc) is 2.39. The molecule has 0 atom stereocenters. The van der Waals surface area contributed by atoms with E-state index in [1.165, 1.54) is 0 Å². The van der Waals surface area contributed by atoms with Crippen LogP contribution in [0.15, 0.2) is 22.7 Å². The fourth-order valence-corrected chi connectivity index (χ4v) is 2.99. The minimum absolute atomic E-state index is 0.126. The summed E-state index contributed by atoms with van der Waals surface area (Å²) >= 11 is 3.49. The fraction of sp³-hybridized carbons (Fsp3) is 0.533. The van der Waals surface area contributed by atoms with E-state index in [1.807, 2.05) is 18.2 Å². The summed E-state index contributed by atoms with van der Waals surface area (Å²) in [5.74, 6) is 0.774. The van der Waals surface area contributed by atoms with Crippen LogP contribution in [0.1, 0.15) is 30.1 Å². The van der Waals surface area contributed by atoms with Gasteiger partial charge in [-0.2, -0.15) is 0 Å². The first-order valence-electron chi connectivity index (χ1n) is 6.66. The highest BCUT2D eigenvalue weighted by molar-refractivity contribution is 9.10. The van der Waals surface area contributed by atoms with Crippen molar-refractivity contribution in [2.75, 3.05) is 31.7 Å². The molecule has 0 amide bonds. The number of ether oxygens (including phenoxy) is 1. The first kappa shape index (κ1) is 14.5. The topological polar surface area (TPSA) is 29.5 Å². The zero-order valence-corrected chi connectivity index (χ0v) is 13.1. The third kappa shape index (κ3) is 3.57. The zero-order chi connectivity index (χ0) is 13.8. The molecular weight excluding hydrogens is 306 g/mol. The Balaban J connectivity index is 2.14. The van der Waals surface area contributed by atoms with E-state index in [-0.39, 0.29) is 5.78 Å². The summed E-state index contributed by atoms with van der Waals surface area (Å²) in [6.45, 7) is 4.45. The molecule has 104 valence electrons. The molecule has 2 rings (SSSR count). The maximum absolute atomic E-state index is 11.7. The van der Waals surface area contributed by atoms with E-state index >= 15 is 0 Å². The number of piperidine rings is 1. The van der Waals surface area contributed by atoms with E-state index < -0.39 is 0 Å². The van der Waals surface area contributed by atoms with Crippen molar-refractivity contribution < 1.29 is 9.53 Å². The van der Waals surface area contributed by atoms with Crippen molar-refractivity contribution in [2.45, 2.75) is 19.8 Å². The predicted molar refractivity (Wildman–Crippen MR) is 81.0 cm³/mol. The average molecular weight is 326 g/mol. The van der Waals surface area contributed by atoms with Crippen LogP contribution in [0.3, 0.4) is 0 Å². The van der Waals surface area contributed by atoms with Gasteiger partial charge in [-0.15, -0.1) is 0 Å². The fourth-order valence-electron chi connectivity index (χ4n) is 2.64. The number of hydrogen-bond acceptors (Lipinski definition) is 3. The van der Waals surface area contributed by atoms with Gasteiger partial charge in [-0.3, -0.25) is 4.79 Å². The monoisotopic (exact) mass is 325 g/mol. The molecule has 0 unspecified atom stereocenters. The highest BCUT2D eigenvalue weighted by Gasteiger charge is 2.22. The molecule has 3 nitrogen and oxygen atoms in total. The summed E-state index contributed by atoms with van der Waals surface area (Å²) in [5, 5.41) is 0. The lowest BCUT2D eigenvalue weighted by Gasteiger charge is -2.34. The minimum atomic E-state index is 0.126. The zero-order valence-electron chi connectivity index (χ0n) is 11.5. The molecule has 1 heterocycles. The Morgan fingerprint density at radius 1 is 1.42 bits per heavy atom. The second-order valence-corrected chi connectivity index (χ2v) is 6.02. The number of anilines is 1. The van der Waals surface area contributed by atoms with Crippen LogP contribution in [0.5, 0.6) is 0 Å². The molecule has 0 bridgehead atoms. The van der Waals surface area contributed by atoms with Crippen LogP contribution in [0.25, 0.3) is 0 Å². The van der Waals surface area contributed by atoms with E-state index in [1.54, 1.807) is 14.0 Å². The van der Waals surface area contributed by atoms with Gasteiger partial charge in [0.15, 0.2) is 5.78 Å². The van der Waals surface area contributed by atoms with Gasteiger partial charge in [-0.1, -0.05) is 15.9 Å². The van der Waals surface area contributed by atoms with Crippen molar-refractivity contribution in [1.82, 2.24) is 0 Å². The molecule has 1 aliphatic rings. The Bertz CT molecular complexity index is 453. The van der Waals surface area contributed by atoms with Crippen LogP contribution >= 0.6 is 15.9 Å². The van der Waals surface area contributed by atoms with Crippen LogP contribution < -0.4 is 4.90 Å². The Morgan fingerprint density at radius 2 is 2.11 bits per heavy atom. The van der Waals surface area contributed by atoms with Gasteiger partial charge in [0.25, 0.3) is 0 Å². The molecule has 1 fully saturated rings. The van der Waals surface area contributed by atoms with Crippen LogP contribution in [0.2, 0.25) is 0 Å². The number of Topliss-reactive ketones (excluding diaryl/α,β-unsaturated/α-hetero) is 1. The van der Waals surface area contributed by atoms with Crippen LogP contribution in [0.4, 0.5) is 5.69 Å². The van der Waals surface area contributed by atoms with Gasteiger partial charge in [0.2, 0.25) is 0 Å². The first-order valence-corrected chi connectivity index (χ1v) is 7.45. The third-order valence-electron chi connectivity index (χ3n) is 3.70. The number of rotatable bonds is 4. The van der Waals surface area contributed by atoms with Crippen LogP contribution in [0, 0.1) is 5.92 Å². The molecule has 0 aromatic heterocycles. The molecule has 4 heteroatoms. The second kappa shape index (κ2) is 6.53. The van der Waals surface area contributed by atoms with Crippen molar-refractivity contribution in [3.8, 4) is 0 Å². The van der Waals surface area contributed by atoms with Gasteiger partial charge in [-0.05, 0) is 43.9 Å². The Hall–Kier alpha value is -0.870. The molecular formula is C15H20BrNO2. The largest absolute Gasteiger partial charge is 0.384 e. The van der Waals surface area contributed by atoms with Crippen molar-refractivity contribution in [2.24, 2.45) is 5.92 Å². The normalized spacial score (nSPS) is 16.7. The molecule has 0 N–H and O–H groups in total.